The first-order chi connectivity index (χ1) is 14.1. The Labute approximate surface area is 173 Å². The van der Waals surface area contributed by atoms with Gasteiger partial charge in [0.05, 0.1) is 13.2 Å². The molecule has 156 valence electrons. The topological polar surface area (TPSA) is 62.7 Å². The van der Waals surface area contributed by atoms with Crippen LogP contribution in [0, 0.1) is 0 Å². The van der Waals surface area contributed by atoms with Crippen LogP contribution in [-0.4, -0.2) is 56.6 Å². The molecule has 0 aliphatic carbocycles. The smallest absolute Gasteiger partial charge is 0.244 e. The Hall–Kier alpha value is -1.96. The number of rotatable bonds is 6. The van der Waals surface area contributed by atoms with Crippen molar-refractivity contribution in [2.24, 2.45) is 0 Å². The van der Waals surface area contributed by atoms with E-state index in [1.807, 2.05) is 12.1 Å². The third kappa shape index (κ3) is 4.79. The Morgan fingerprint density at radius 3 is 2.52 bits per heavy atom. The van der Waals surface area contributed by atoms with Gasteiger partial charge in [0.15, 0.2) is 0 Å². The molecular formula is C22H29N3O3S. The van der Waals surface area contributed by atoms with Crippen LogP contribution < -0.4 is 4.90 Å². The number of nitrogens with zero attached hydrogens (tertiary/aromatic N) is 3. The zero-order chi connectivity index (χ0) is 20.1. The SMILES string of the molecule is O=S(=O)(c1ccc(N2CCCCC2CCc2ccccc2)nc1)N1CCOCC1. The fraction of sp³-hybridized carbons (Fsp3) is 0.500. The molecule has 0 bridgehead atoms. The van der Waals surface area contributed by atoms with Crippen LogP contribution in [0.4, 0.5) is 5.82 Å². The Kier molecular flexibility index (Phi) is 6.47. The van der Waals surface area contributed by atoms with Crippen molar-refractivity contribution in [3.63, 3.8) is 0 Å². The van der Waals surface area contributed by atoms with Crippen LogP contribution in [0.2, 0.25) is 0 Å². The molecule has 6 nitrogen and oxygen atoms in total. The van der Waals surface area contributed by atoms with Crippen LogP contribution in [0.15, 0.2) is 53.6 Å². The summed E-state index contributed by atoms with van der Waals surface area (Å²) in [4.78, 5) is 7.18. The van der Waals surface area contributed by atoms with E-state index < -0.39 is 10.0 Å². The maximum Gasteiger partial charge on any atom is 0.244 e. The van der Waals surface area contributed by atoms with Crippen LogP contribution in [0.25, 0.3) is 0 Å². The first-order valence-corrected chi connectivity index (χ1v) is 11.9. The zero-order valence-corrected chi connectivity index (χ0v) is 17.6. The van der Waals surface area contributed by atoms with Gasteiger partial charge in [0.2, 0.25) is 10.0 Å². The average Bonchev–Trinajstić information content (AvgIpc) is 2.79. The second-order valence-electron chi connectivity index (χ2n) is 7.74. The summed E-state index contributed by atoms with van der Waals surface area (Å²) < 4.78 is 32.4. The lowest BCUT2D eigenvalue weighted by Crippen LogP contribution is -2.41. The van der Waals surface area contributed by atoms with Gasteiger partial charge in [-0.05, 0) is 49.8 Å². The number of piperidine rings is 1. The van der Waals surface area contributed by atoms with E-state index >= 15 is 0 Å². The molecule has 1 atom stereocenters. The first kappa shape index (κ1) is 20.3. The van der Waals surface area contributed by atoms with Crippen molar-refractivity contribution in [1.29, 1.82) is 0 Å². The number of benzene rings is 1. The van der Waals surface area contributed by atoms with Crippen LogP contribution in [0.5, 0.6) is 0 Å². The minimum Gasteiger partial charge on any atom is -0.379 e. The van der Waals surface area contributed by atoms with Gasteiger partial charge in [0.1, 0.15) is 10.7 Å². The minimum atomic E-state index is -3.50. The lowest BCUT2D eigenvalue weighted by molar-refractivity contribution is 0.0730. The van der Waals surface area contributed by atoms with E-state index in [-0.39, 0.29) is 4.90 Å². The molecule has 1 unspecified atom stereocenters. The largest absolute Gasteiger partial charge is 0.379 e. The summed E-state index contributed by atoms with van der Waals surface area (Å²) in [5.74, 6) is 0.878. The van der Waals surface area contributed by atoms with Crippen molar-refractivity contribution in [2.45, 2.75) is 43.0 Å². The number of aromatic nitrogens is 1. The molecular weight excluding hydrogens is 386 g/mol. The highest BCUT2D eigenvalue weighted by atomic mass is 32.2. The molecule has 0 spiro atoms. The molecule has 2 saturated heterocycles. The maximum absolute atomic E-state index is 12.8. The monoisotopic (exact) mass is 415 g/mol. The number of aryl methyl sites for hydroxylation is 1. The van der Waals surface area contributed by atoms with Gasteiger partial charge in [-0.3, -0.25) is 0 Å². The summed E-state index contributed by atoms with van der Waals surface area (Å²) in [5, 5.41) is 0. The second-order valence-corrected chi connectivity index (χ2v) is 9.67. The fourth-order valence-corrected chi connectivity index (χ4v) is 5.57. The van der Waals surface area contributed by atoms with E-state index in [0.29, 0.717) is 32.3 Å². The van der Waals surface area contributed by atoms with Gasteiger partial charge in [-0.15, -0.1) is 0 Å². The molecule has 0 saturated carbocycles. The summed E-state index contributed by atoms with van der Waals surface area (Å²) in [6.45, 7) is 2.67. The van der Waals surface area contributed by atoms with Crippen LogP contribution >= 0.6 is 0 Å². The van der Waals surface area contributed by atoms with Gasteiger partial charge in [-0.1, -0.05) is 30.3 Å². The summed E-state index contributed by atoms with van der Waals surface area (Å²) in [6, 6.07) is 14.6. The predicted octanol–water partition coefficient (Wildman–Crippen LogP) is 3.09. The average molecular weight is 416 g/mol. The Morgan fingerprint density at radius 1 is 1.00 bits per heavy atom. The Balaban J connectivity index is 1.46. The van der Waals surface area contributed by atoms with E-state index in [1.165, 1.54) is 22.5 Å². The van der Waals surface area contributed by atoms with Gasteiger partial charge in [-0.2, -0.15) is 4.31 Å². The van der Waals surface area contributed by atoms with Crippen molar-refractivity contribution in [1.82, 2.24) is 9.29 Å². The normalized spacial score (nSPS) is 21.2. The van der Waals surface area contributed by atoms with Gasteiger partial charge in [-0.25, -0.2) is 13.4 Å². The number of anilines is 1. The molecule has 1 aromatic carbocycles. The number of hydrogen-bond donors (Lipinski definition) is 0. The molecule has 29 heavy (non-hydrogen) atoms. The molecule has 2 aliphatic heterocycles. The lowest BCUT2D eigenvalue weighted by atomic mass is 9.96. The maximum atomic E-state index is 12.8. The minimum absolute atomic E-state index is 0.265. The van der Waals surface area contributed by atoms with Crippen LogP contribution in [-0.2, 0) is 21.2 Å². The van der Waals surface area contributed by atoms with Crippen molar-refractivity contribution >= 4 is 15.8 Å². The van der Waals surface area contributed by atoms with Crippen molar-refractivity contribution in [2.75, 3.05) is 37.7 Å². The third-order valence-corrected chi connectivity index (χ3v) is 7.74. The molecule has 2 aromatic rings. The number of pyridine rings is 1. The number of ether oxygens (including phenoxy) is 1. The van der Waals surface area contributed by atoms with E-state index in [4.69, 9.17) is 4.74 Å². The van der Waals surface area contributed by atoms with E-state index in [1.54, 1.807) is 6.07 Å². The summed E-state index contributed by atoms with van der Waals surface area (Å²) >= 11 is 0. The molecule has 0 amide bonds. The van der Waals surface area contributed by atoms with Gasteiger partial charge < -0.3 is 9.64 Å². The molecule has 0 radical (unpaired) electrons. The standard InChI is InChI=1S/C22H29N3O3S/c26-29(27,24-14-16-28-17-15-24)21-11-12-22(23-18-21)25-13-5-4-8-20(25)10-9-19-6-2-1-3-7-19/h1-3,6-7,11-12,18,20H,4-5,8-10,13-17H2. The van der Waals surface area contributed by atoms with Crippen molar-refractivity contribution in [3.05, 3.63) is 54.2 Å². The molecule has 0 N–H and O–H groups in total. The highest BCUT2D eigenvalue weighted by Gasteiger charge is 2.28. The highest BCUT2D eigenvalue weighted by molar-refractivity contribution is 7.89. The molecule has 2 aliphatic rings. The van der Waals surface area contributed by atoms with Gasteiger partial charge in [0, 0.05) is 31.9 Å². The van der Waals surface area contributed by atoms with E-state index in [0.717, 1.165) is 38.0 Å². The van der Waals surface area contributed by atoms with Crippen LogP contribution in [0.3, 0.4) is 0 Å². The molecule has 1 aromatic heterocycles. The summed E-state index contributed by atoms with van der Waals surface area (Å²) in [7, 11) is -3.50. The second kappa shape index (κ2) is 9.24. The first-order valence-electron chi connectivity index (χ1n) is 10.5. The predicted molar refractivity (Wildman–Crippen MR) is 114 cm³/mol. The third-order valence-electron chi connectivity index (χ3n) is 5.86. The Bertz CT molecular complexity index is 881. The molecule has 4 rings (SSSR count). The number of morpholine rings is 1. The highest BCUT2D eigenvalue weighted by Crippen LogP contribution is 2.27. The Morgan fingerprint density at radius 2 is 1.79 bits per heavy atom. The quantitative estimate of drug-likeness (QED) is 0.726. The molecule has 7 heteroatoms. The van der Waals surface area contributed by atoms with Crippen molar-refractivity contribution < 1.29 is 13.2 Å². The molecule has 2 fully saturated rings. The molecule has 3 heterocycles. The summed E-state index contributed by atoms with van der Waals surface area (Å²) in [6.07, 6.45) is 7.19. The van der Waals surface area contributed by atoms with Crippen LogP contribution in [0.1, 0.15) is 31.2 Å². The van der Waals surface area contributed by atoms with Gasteiger partial charge >= 0.3 is 0 Å². The fourth-order valence-electron chi connectivity index (χ4n) is 4.21. The van der Waals surface area contributed by atoms with Gasteiger partial charge in [0.25, 0.3) is 0 Å². The van der Waals surface area contributed by atoms with E-state index in [2.05, 4.69) is 34.1 Å². The lowest BCUT2D eigenvalue weighted by Gasteiger charge is -2.37. The van der Waals surface area contributed by atoms with Crippen molar-refractivity contribution in [3.8, 4) is 0 Å². The number of sulfonamides is 1. The summed E-state index contributed by atoms with van der Waals surface area (Å²) in [5.41, 5.74) is 1.36. The van der Waals surface area contributed by atoms with E-state index in [9.17, 15) is 8.42 Å². The number of hydrogen-bond acceptors (Lipinski definition) is 5. The zero-order valence-electron chi connectivity index (χ0n) is 16.7.